The molecule has 0 aliphatic carbocycles. The first kappa shape index (κ1) is 15.1. The van der Waals surface area contributed by atoms with Gasteiger partial charge in [-0.15, -0.1) is 0 Å². The lowest BCUT2D eigenvalue weighted by molar-refractivity contribution is 0.102. The van der Waals surface area contributed by atoms with Crippen molar-refractivity contribution >= 4 is 45.8 Å². The van der Waals surface area contributed by atoms with Crippen LogP contribution < -0.4 is 10.1 Å². The van der Waals surface area contributed by atoms with Gasteiger partial charge in [0.2, 0.25) is 0 Å². The van der Waals surface area contributed by atoms with Crippen LogP contribution in [0.2, 0.25) is 5.02 Å². The van der Waals surface area contributed by atoms with Gasteiger partial charge in [0.15, 0.2) is 0 Å². The number of carbonyl (C=O) groups is 1. The van der Waals surface area contributed by atoms with Crippen molar-refractivity contribution in [3.8, 4) is 5.75 Å². The lowest BCUT2D eigenvalue weighted by atomic mass is 10.2. The topological polar surface area (TPSA) is 38.3 Å². The number of rotatable bonds is 4. The van der Waals surface area contributed by atoms with E-state index in [1.807, 2.05) is 25.1 Å². The largest absolute Gasteiger partial charge is 0.494 e. The van der Waals surface area contributed by atoms with Crippen LogP contribution in [0.1, 0.15) is 17.3 Å². The van der Waals surface area contributed by atoms with Gasteiger partial charge >= 0.3 is 0 Å². The first-order valence-corrected chi connectivity index (χ1v) is 7.55. The summed E-state index contributed by atoms with van der Waals surface area (Å²) in [7, 11) is 0. The number of benzene rings is 2. The third kappa shape index (κ3) is 3.86. The number of halogens is 2. The van der Waals surface area contributed by atoms with Crippen molar-refractivity contribution in [3.63, 3.8) is 0 Å². The molecule has 0 fully saturated rings. The van der Waals surface area contributed by atoms with Gasteiger partial charge < -0.3 is 10.1 Å². The Balaban J connectivity index is 2.13. The van der Waals surface area contributed by atoms with Gasteiger partial charge in [-0.05, 0) is 72.0 Å². The second-order valence-corrected chi connectivity index (χ2v) is 5.69. The summed E-state index contributed by atoms with van der Waals surface area (Å²) in [6.07, 6.45) is 0. The van der Waals surface area contributed by atoms with Crippen LogP contribution >= 0.6 is 34.2 Å². The fourth-order valence-electron chi connectivity index (χ4n) is 1.67. The maximum atomic E-state index is 12.2. The van der Waals surface area contributed by atoms with Crippen LogP contribution in [-0.4, -0.2) is 12.5 Å². The van der Waals surface area contributed by atoms with Crippen LogP contribution in [0.25, 0.3) is 0 Å². The minimum absolute atomic E-state index is 0.224. The molecule has 0 saturated heterocycles. The van der Waals surface area contributed by atoms with E-state index in [1.54, 1.807) is 24.3 Å². The van der Waals surface area contributed by atoms with E-state index >= 15 is 0 Å². The Morgan fingerprint density at radius 3 is 2.60 bits per heavy atom. The molecule has 5 heteroatoms. The zero-order chi connectivity index (χ0) is 14.5. The zero-order valence-corrected chi connectivity index (χ0v) is 13.7. The van der Waals surface area contributed by atoms with Crippen molar-refractivity contribution in [1.82, 2.24) is 0 Å². The molecule has 2 rings (SSSR count). The van der Waals surface area contributed by atoms with Crippen molar-refractivity contribution in [2.75, 3.05) is 11.9 Å². The van der Waals surface area contributed by atoms with Gasteiger partial charge in [0.25, 0.3) is 5.91 Å². The van der Waals surface area contributed by atoms with E-state index in [0.717, 1.165) is 9.32 Å². The summed E-state index contributed by atoms with van der Waals surface area (Å²) >= 11 is 8.18. The van der Waals surface area contributed by atoms with Gasteiger partial charge in [0, 0.05) is 9.26 Å². The molecule has 0 atom stereocenters. The van der Waals surface area contributed by atoms with E-state index in [-0.39, 0.29) is 5.91 Å². The molecule has 0 saturated carbocycles. The van der Waals surface area contributed by atoms with Gasteiger partial charge in [-0.25, -0.2) is 0 Å². The Morgan fingerprint density at radius 2 is 1.95 bits per heavy atom. The number of hydrogen-bond acceptors (Lipinski definition) is 2. The van der Waals surface area contributed by atoms with Gasteiger partial charge in [-0.3, -0.25) is 4.79 Å². The first-order valence-electron chi connectivity index (χ1n) is 6.09. The molecule has 2 aromatic rings. The molecule has 104 valence electrons. The lowest BCUT2D eigenvalue weighted by Crippen LogP contribution is -2.12. The second-order valence-electron chi connectivity index (χ2n) is 4.04. The van der Waals surface area contributed by atoms with E-state index in [1.165, 1.54) is 0 Å². The average Bonchev–Trinajstić information content (AvgIpc) is 2.44. The fourth-order valence-corrected chi connectivity index (χ4v) is 2.37. The standard InChI is InChI=1S/C15H13ClINO2/c1-2-20-12-6-4-11(5-7-12)18-15(19)13-9-10(17)3-8-14(13)16/h3-9H,2H2,1H3,(H,18,19). The van der Waals surface area contributed by atoms with E-state index in [0.29, 0.717) is 22.9 Å². The van der Waals surface area contributed by atoms with E-state index in [2.05, 4.69) is 27.9 Å². The monoisotopic (exact) mass is 401 g/mol. The number of ether oxygens (including phenoxy) is 1. The fraction of sp³-hybridized carbons (Fsp3) is 0.133. The molecule has 0 radical (unpaired) electrons. The van der Waals surface area contributed by atoms with Crippen LogP contribution in [-0.2, 0) is 0 Å². The predicted molar refractivity (Wildman–Crippen MR) is 89.7 cm³/mol. The van der Waals surface area contributed by atoms with Crippen LogP contribution in [0.5, 0.6) is 5.75 Å². The predicted octanol–water partition coefficient (Wildman–Crippen LogP) is 4.60. The molecule has 20 heavy (non-hydrogen) atoms. The highest BCUT2D eigenvalue weighted by atomic mass is 127. The molecule has 0 unspecified atom stereocenters. The molecule has 1 N–H and O–H groups in total. The molecule has 0 spiro atoms. The molecule has 0 aliphatic rings. The summed E-state index contributed by atoms with van der Waals surface area (Å²) in [5.41, 5.74) is 1.17. The third-order valence-corrected chi connectivity index (χ3v) is 3.60. The minimum atomic E-state index is -0.224. The van der Waals surface area contributed by atoms with Crippen LogP contribution in [0.4, 0.5) is 5.69 Å². The first-order chi connectivity index (χ1) is 9.60. The molecule has 2 aromatic carbocycles. The molecule has 1 amide bonds. The molecule has 0 aliphatic heterocycles. The van der Waals surface area contributed by atoms with Crippen LogP contribution in [0.3, 0.4) is 0 Å². The molecule has 0 heterocycles. The van der Waals surface area contributed by atoms with Gasteiger partial charge in [0.1, 0.15) is 5.75 Å². The average molecular weight is 402 g/mol. The second kappa shape index (κ2) is 6.95. The molecule has 0 aromatic heterocycles. The number of amides is 1. The Hall–Kier alpha value is -1.27. The minimum Gasteiger partial charge on any atom is -0.494 e. The Labute approximate surface area is 136 Å². The van der Waals surface area contributed by atoms with E-state index in [9.17, 15) is 4.79 Å². The summed E-state index contributed by atoms with van der Waals surface area (Å²) in [4.78, 5) is 12.2. The van der Waals surface area contributed by atoms with Crippen molar-refractivity contribution in [3.05, 3.63) is 56.6 Å². The quantitative estimate of drug-likeness (QED) is 0.761. The number of anilines is 1. The number of carbonyl (C=O) groups excluding carboxylic acids is 1. The smallest absolute Gasteiger partial charge is 0.257 e. The summed E-state index contributed by atoms with van der Waals surface area (Å²) in [6.45, 7) is 2.54. The highest BCUT2D eigenvalue weighted by molar-refractivity contribution is 14.1. The lowest BCUT2D eigenvalue weighted by Gasteiger charge is -2.08. The Bertz CT molecular complexity index is 614. The van der Waals surface area contributed by atoms with Gasteiger partial charge in [-0.1, -0.05) is 11.6 Å². The highest BCUT2D eigenvalue weighted by Gasteiger charge is 2.11. The van der Waals surface area contributed by atoms with Gasteiger partial charge in [0.05, 0.1) is 17.2 Å². The maximum absolute atomic E-state index is 12.2. The normalized spacial score (nSPS) is 10.2. The van der Waals surface area contributed by atoms with Crippen molar-refractivity contribution in [1.29, 1.82) is 0 Å². The van der Waals surface area contributed by atoms with Crippen LogP contribution in [0, 0.1) is 3.57 Å². The van der Waals surface area contributed by atoms with Crippen LogP contribution in [0.15, 0.2) is 42.5 Å². The summed E-state index contributed by atoms with van der Waals surface area (Å²) in [5.74, 6) is 0.551. The molecule has 0 bridgehead atoms. The Kier molecular flexibility index (Phi) is 5.25. The summed E-state index contributed by atoms with van der Waals surface area (Å²) in [5, 5.41) is 3.25. The Morgan fingerprint density at radius 1 is 1.25 bits per heavy atom. The van der Waals surface area contributed by atoms with Crippen molar-refractivity contribution in [2.45, 2.75) is 6.92 Å². The molecular formula is C15H13ClINO2. The van der Waals surface area contributed by atoms with E-state index < -0.39 is 0 Å². The zero-order valence-electron chi connectivity index (χ0n) is 10.8. The van der Waals surface area contributed by atoms with Crippen molar-refractivity contribution < 1.29 is 9.53 Å². The summed E-state index contributed by atoms with van der Waals surface area (Å²) < 4.78 is 6.31. The number of hydrogen-bond donors (Lipinski definition) is 1. The third-order valence-electron chi connectivity index (χ3n) is 2.60. The highest BCUT2D eigenvalue weighted by Crippen LogP contribution is 2.21. The molecular weight excluding hydrogens is 389 g/mol. The van der Waals surface area contributed by atoms with Crippen molar-refractivity contribution in [2.24, 2.45) is 0 Å². The molecule has 3 nitrogen and oxygen atoms in total. The SMILES string of the molecule is CCOc1ccc(NC(=O)c2cc(I)ccc2Cl)cc1. The maximum Gasteiger partial charge on any atom is 0.257 e. The number of nitrogens with one attached hydrogen (secondary N) is 1. The summed E-state index contributed by atoms with van der Waals surface area (Å²) in [6, 6.07) is 12.6. The van der Waals surface area contributed by atoms with Gasteiger partial charge in [-0.2, -0.15) is 0 Å². The van der Waals surface area contributed by atoms with E-state index in [4.69, 9.17) is 16.3 Å².